The summed E-state index contributed by atoms with van der Waals surface area (Å²) in [6.07, 6.45) is 1.45. The number of ether oxygens (including phenoxy) is 2. The van der Waals surface area contributed by atoms with E-state index in [0.29, 0.717) is 44.0 Å². The van der Waals surface area contributed by atoms with Gasteiger partial charge in [0.25, 0.3) is 0 Å². The highest BCUT2D eigenvalue weighted by Crippen LogP contribution is 2.32. The summed E-state index contributed by atoms with van der Waals surface area (Å²) >= 11 is 0. The average Bonchev–Trinajstić information content (AvgIpc) is 3.25. The third-order valence-corrected chi connectivity index (χ3v) is 5.74. The second-order valence-corrected chi connectivity index (χ2v) is 8.70. The number of rotatable bonds is 10. The molecule has 1 aliphatic heterocycles. The number of hydrogen-bond donors (Lipinski definition) is 1. The van der Waals surface area contributed by atoms with Crippen molar-refractivity contribution in [2.45, 2.75) is 59.5 Å². The maximum atomic E-state index is 13.4. The van der Waals surface area contributed by atoms with E-state index in [9.17, 15) is 9.59 Å². The summed E-state index contributed by atoms with van der Waals surface area (Å²) in [6, 6.07) is 13.3. The highest BCUT2D eigenvalue weighted by atomic mass is 16.7. The number of benzene rings is 2. The van der Waals surface area contributed by atoms with Crippen molar-refractivity contribution in [1.29, 1.82) is 0 Å². The van der Waals surface area contributed by atoms with Crippen LogP contribution in [0, 0.1) is 12.8 Å². The Morgan fingerprint density at radius 1 is 1.09 bits per heavy atom. The lowest BCUT2D eigenvalue weighted by Gasteiger charge is -2.31. The van der Waals surface area contributed by atoms with Crippen molar-refractivity contribution in [2.24, 2.45) is 5.92 Å². The Bertz CT molecular complexity index is 941. The van der Waals surface area contributed by atoms with Crippen LogP contribution in [0.25, 0.3) is 0 Å². The van der Waals surface area contributed by atoms with Gasteiger partial charge in [0, 0.05) is 19.5 Å². The third-order valence-electron chi connectivity index (χ3n) is 5.74. The van der Waals surface area contributed by atoms with Gasteiger partial charge in [0.1, 0.15) is 6.04 Å². The molecule has 0 saturated carbocycles. The first-order valence-electron chi connectivity index (χ1n) is 11.4. The Labute approximate surface area is 190 Å². The molecule has 1 atom stereocenters. The standard InChI is InChI=1S/C26H34N2O4/c1-5-22(26(30)27-15-18(2)3)28(16-21-9-7-6-8-19(21)4)25(29)13-11-20-10-12-23-24(14-20)32-17-31-23/h6-10,12,14,18,22H,5,11,13,15-17H2,1-4H3,(H,27,30)/t22-/m1/s1. The van der Waals surface area contributed by atoms with Crippen molar-refractivity contribution in [2.75, 3.05) is 13.3 Å². The molecule has 2 amide bonds. The van der Waals surface area contributed by atoms with Crippen LogP contribution in [-0.4, -0.2) is 36.1 Å². The molecule has 2 aromatic rings. The summed E-state index contributed by atoms with van der Waals surface area (Å²) in [4.78, 5) is 28.1. The maximum absolute atomic E-state index is 13.4. The Morgan fingerprint density at radius 2 is 1.84 bits per heavy atom. The second-order valence-electron chi connectivity index (χ2n) is 8.70. The van der Waals surface area contributed by atoms with E-state index in [1.807, 2.05) is 56.3 Å². The van der Waals surface area contributed by atoms with Crippen molar-refractivity contribution in [3.63, 3.8) is 0 Å². The molecule has 0 aromatic heterocycles. The van der Waals surface area contributed by atoms with E-state index in [0.717, 1.165) is 22.4 Å². The molecule has 0 aliphatic carbocycles. The maximum Gasteiger partial charge on any atom is 0.242 e. The minimum atomic E-state index is -0.502. The molecule has 6 nitrogen and oxygen atoms in total. The molecular weight excluding hydrogens is 404 g/mol. The van der Waals surface area contributed by atoms with E-state index in [2.05, 4.69) is 19.2 Å². The number of carbonyl (C=O) groups excluding carboxylic acids is 2. The van der Waals surface area contributed by atoms with Crippen LogP contribution in [-0.2, 0) is 22.6 Å². The molecule has 1 aliphatic rings. The predicted molar refractivity (Wildman–Crippen MR) is 125 cm³/mol. The third kappa shape index (κ3) is 6.02. The summed E-state index contributed by atoms with van der Waals surface area (Å²) in [5.41, 5.74) is 3.17. The fourth-order valence-electron chi connectivity index (χ4n) is 3.80. The highest BCUT2D eigenvalue weighted by Gasteiger charge is 2.28. The lowest BCUT2D eigenvalue weighted by Crippen LogP contribution is -2.49. The normalized spacial score (nSPS) is 13.2. The lowest BCUT2D eigenvalue weighted by molar-refractivity contribution is -0.141. The highest BCUT2D eigenvalue weighted by molar-refractivity contribution is 5.87. The number of amides is 2. The zero-order valence-electron chi connectivity index (χ0n) is 19.5. The van der Waals surface area contributed by atoms with Crippen molar-refractivity contribution in [1.82, 2.24) is 10.2 Å². The molecule has 0 unspecified atom stereocenters. The molecular formula is C26H34N2O4. The number of nitrogens with one attached hydrogen (secondary N) is 1. The van der Waals surface area contributed by atoms with Crippen LogP contribution < -0.4 is 14.8 Å². The number of hydrogen-bond acceptors (Lipinski definition) is 4. The number of fused-ring (bicyclic) bond motifs is 1. The second kappa shape index (κ2) is 11.0. The molecule has 0 spiro atoms. The molecule has 1 heterocycles. The fourth-order valence-corrected chi connectivity index (χ4v) is 3.80. The predicted octanol–water partition coefficient (Wildman–Crippen LogP) is 4.24. The van der Waals surface area contributed by atoms with Gasteiger partial charge in [-0.05, 0) is 54.5 Å². The van der Waals surface area contributed by atoms with Gasteiger partial charge in [-0.25, -0.2) is 0 Å². The Balaban J connectivity index is 1.76. The molecule has 0 bridgehead atoms. The minimum absolute atomic E-state index is 0.0301. The van der Waals surface area contributed by atoms with Gasteiger partial charge in [-0.2, -0.15) is 0 Å². The van der Waals surface area contributed by atoms with E-state index in [1.54, 1.807) is 4.90 Å². The van der Waals surface area contributed by atoms with Crippen molar-refractivity contribution < 1.29 is 19.1 Å². The zero-order valence-corrected chi connectivity index (χ0v) is 19.5. The first-order valence-corrected chi connectivity index (χ1v) is 11.4. The molecule has 3 rings (SSSR count). The summed E-state index contributed by atoms with van der Waals surface area (Å²) in [7, 11) is 0. The number of nitrogens with zero attached hydrogens (tertiary/aromatic N) is 1. The summed E-state index contributed by atoms with van der Waals surface area (Å²) < 4.78 is 10.8. The largest absolute Gasteiger partial charge is 0.454 e. The van der Waals surface area contributed by atoms with Gasteiger partial charge in [0.2, 0.25) is 18.6 Å². The van der Waals surface area contributed by atoms with Gasteiger partial charge in [-0.3, -0.25) is 9.59 Å². The molecule has 0 saturated heterocycles. The molecule has 172 valence electrons. The minimum Gasteiger partial charge on any atom is -0.454 e. The molecule has 1 N–H and O–H groups in total. The summed E-state index contributed by atoms with van der Waals surface area (Å²) in [6.45, 7) is 9.34. The van der Waals surface area contributed by atoms with Gasteiger partial charge < -0.3 is 19.7 Å². The smallest absolute Gasteiger partial charge is 0.242 e. The summed E-state index contributed by atoms with van der Waals surface area (Å²) in [5, 5.41) is 3.01. The van der Waals surface area contributed by atoms with Gasteiger partial charge >= 0.3 is 0 Å². The summed E-state index contributed by atoms with van der Waals surface area (Å²) in [5.74, 6) is 1.67. The first kappa shape index (κ1) is 23.6. The molecule has 0 fully saturated rings. The van der Waals surface area contributed by atoms with E-state index in [4.69, 9.17) is 9.47 Å². The van der Waals surface area contributed by atoms with Crippen LogP contribution in [0.4, 0.5) is 0 Å². The Hall–Kier alpha value is -3.02. The fraction of sp³-hybridized carbons (Fsp3) is 0.462. The topological polar surface area (TPSA) is 67.9 Å². The van der Waals surface area contributed by atoms with Crippen LogP contribution >= 0.6 is 0 Å². The monoisotopic (exact) mass is 438 g/mol. The quantitative estimate of drug-likeness (QED) is 0.603. The van der Waals surface area contributed by atoms with Crippen LogP contribution in [0.2, 0.25) is 0 Å². The molecule has 32 heavy (non-hydrogen) atoms. The van der Waals surface area contributed by atoms with Crippen LogP contribution in [0.15, 0.2) is 42.5 Å². The number of carbonyl (C=O) groups is 2. The lowest BCUT2D eigenvalue weighted by atomic mass is 10.0. The van der Waals surface area contributed by atoms with E-state index >= 15 is 0 Å². The number of aryl methyl sites for hydroxylation is 2. The molecule has 6 heteroatoms. The zero-order chi connectivity index (χ0) is 23.1. The van der Waals surface area contributed by atoms with Crippen LogP contribution in [0.1, 0.15) is 50.3 Å². The van der Waals surface area contributed by atoms with Crippen molar-refractivity contribution in [3.8, 4) is 11.5 Å². The Kier molecular flexibility index (Phi) is 8.14. The van der Waals surface area contributed by atoms with Crippen molar-refractivity contribution >= 4 is 11.8 Å². The van der Waals surface area contributed by atoms with Gasteiger partial charge in [0.15, 0.2) is 11.5 Å². The molecule has 2 aromatic carbocycles. The van der Waals surface area contributed by atoms with Crippen LogP contribution in [0.5, 0.6) is 11.5 Å². The van der Waals surface area contributed by atoms with Crippen molar-refractivity contribution in [3.05, 3.63) is 59.2 Å². The van der Waals surface area contributed by atoms with Crippen LogP contribution in [0.3, 0.4) is 0 Å². The van der Waals surface area contributed by atoms with Gasteiger partial charge in [-0.15, -0.1) is 0 Å². The average molecular weight is 439 g/mol. The van der Waals surface area contributed by atoms with E-state index < -0.39 is 6.04 Å². The van der Waals surface area contributed by atoms with Gasteiger partial charge in [0.05, 0.1) is 0 Å². The molecule has 0 radical (unpaired) electrons. The van der Waals surface area contributed by atoms with E-state index in [-0.39, 0.29) is 18.6 Å². The van der Waals surface area contributed by atoms with Gasteiger partial charge in [-0.1, -0.05) is 51.1 Å². The Morgan fingerprint density at radius 3 is 2.56 bits per heavy atom. The van der Waals surface area contributed by atoms with E-state index in [1.165, 1.54) is 0 Å². The SMILES string of the molecule is CC[C@H](C(=O)NCC(C)C)N(Cc1ccccc1C)C(=O)CCc1ccc2c(c1)OCO2. The first-order chi connectivity index (χ1) is 15.4.